The molecule has 1 aromatic heterocycles. The fourth-order valence-corrected chi connectivity index (χ4v) is 2.48. The Kier molecular flexibility index (Phi) is 2.52. The number of nitrogen functional groups attached to an aromatic ring is 1. The molecule has 2 N–H and O–H groups in total. The van der Waals surface area contributed by atoms with E-state index in [4.69, 9.17) is 10.5 Å². The molecule has 17 heavy (non-hydrogen) atoms. The molecule has 2 heterocycles. The Balaban J connectivity index is 2.02. The van der Waals surface area contributed by atoms with Gasteiger partial charge in [-0.25, -0.2) is 4.98 Å². The third-order valence-electron chi connectivity index (χ3n) is 3.47. The van der Waals surface area contributed by atoms with Gasteiger partial charge in [-0.3, -0.25) is 0 Å². The van der Waals surface area contributed by atoms with Gasteiger partial charge < -0.3 is 15.0 Å². The molecule has 4 nitrogen and oxygen atoms in total. The van der Waals surface area contributed by atoms with Crippen LogP contribution in [0.3, 0.4) is 0 Å². The van der Waals surface area contributed by atoms with E-state index in [9.17, 15) is 0 Å². The van der Waals surface area contributed by atoms with Crippen molar-refractivity contribution in [2.24, 2.45) is 5.92 Å². The van der Waals surface area contributed by atoms with Gasteiger partial charge in [-0.05, 0) is 25.0 Å². The Morgan fingerprint density at radius 2 is 2.41 bits per heavy atom. The summed E-state index contributed by atoms with van der Waals surface area (Å²) in [6.45, 7) is 4.69. The largest absolute Gasteiger partial charge is 0.381 e. The van der Waals surface area contributed by atoms with Gasteiger partial charge in [0.05, 0.1) is 17.6 Å². The van der Waals surface area contributed by atoms with Crippen molar-refractivity contribution in [3.63, 3.8) is 0 Å². The van der Waals surface area contributed by atoms with Gasteiger partial charge in [-0.1, -0.05) is 12.1 Å². The summed E-state index contributed by atoms with van der Waals surface area (Å²) >= 11 is 0. The van der Waals surface area contributed by atoms with Crippen molar-refractivity contribution < 1.29 is 4.74 Å². The van der Waals surface area contributed by atoms with Gasteiger partial charge >= 0.3 is 0 Å². The first-order valence-electron chi connectivity index (χ1n) is 6.05. The van der Waals surface area contributed by atoms with Gasteiger partial charge in [-0.15, -0.1) is 0 Å². The Morgan fingerprint density at radius 3 is 3.18 bits per heavy atom. The molecule has 0 saturated carbocycles. The number of nitrogens with two attached hydrogens (primary N) is 1. The molecule has 0 radical (unpaired) electrons. The average molecular weight is 231 g/mol. The van der Waals surface area contributed by atoms with Crippen molar-refractivity contribution in [1.82, 2.24) is 9.55 Å². The van der Waals surface area contributed by atoms with E-state index in [0.717, 1.165) is 37.2 Å². The van der Waals surface area contributed by atoms with Crippen LogP contribution in [0.5, 0.6) is 0 Å². The minimum absolute atomic E-state index is 0.565. The van der Waals surface area contributed by atoms with E-state index in [1.807, 2.05) is 0 Å². The lowest BCUT2D eigenvalue weighted by Crippen LogP contribution is -2.12. The standard InChI is InChI=1S/C13H17N3O/c1-9-3-2-4-11-12(9)15-13(14)16(11)7-10-5-6-17-8-10/h2-4,10H,5-8H2,1H3,(H2,14,15). The highest BCUT2D eigenvalue weighted by molar-refractivity contribution is 5.81. The molecule has 1 aliphatic rings. The molecule has 90 valence electrons. The van der Waals surface area contributed by atoms with Crippen LogP contribution in [-0.2, 0) is 11.3 Å². The second-order valence-electron chi connectivity index (χ2n) is 4.75. The van der Waals surface area contributed by atoms with Gasteiger partial charge in [0.1, 0.15) is 0 Å². The number of ether oxygens (including phenoxy) is 1. The van der Waals surface area contributed by atoms with Crippen LogP contribution in [0.1, 0.15) is 12.0 Å². The van der Waals surface area contributed by atoms with E-state index in [-0.39, 0.29) is 0 Å². The van der Waals surface area contributed by atoms with Crippen LogP contribution in [0.4, 0.5) is 5.95 Å². The third-order valence-corrected chi connectivity index (χ3v) is 3.47. The van der Waals surface area contributed by atoms with E-state index >= 15 is 0 Å². The summed E-state index contributed by atoms with van der Waals surface area (Å²) in [6.07, 6.45) is 1.12. The number of rotatable bonds is 2. The number of anilines is 1. The number of aromatic nitrogens is 2. The molecular formula is C13H17N3O. The van der Waals surface area contributed by atoms with Crippen LogP contribution in [-0.4, -0.2) is 22.8 Å². The van der Waals surface area contributed by atoms with Crippen LogP contribution >= 0.6 is 0 Å². The van der Waals surface area contributed by atoms with Crippen LogP contribution < -0.4 is 5.73 Å². The predicted octanol–water partition coefficient (Wildman–Crippen LogP) is 1.96. The summed E-state index contributed by atoms with van der Waals surface area (Å²) in [5, 5.41) is 0. The summed E-state index contributed by atoms with van der Waals surface area (Å²) in [5.41, 5.74) is 9.34. The number of nitrogens with zero attached hydrogens (tertiary/aromatic N) is 2. The van der Waals surface area contributed by atoms with Crippen molar-refractivity contribution in [3.8, 4) is 0 Å². The molecular weight excluding hydrogens is 214 g/mol. The fraction of sp³-hybridized carbons (Fsp3) is 0.462. The number of imidazole rings is 1. The zero-order valence-corrected chi connectivity index (χ0v) is 10.0. The molecule has 1 atom stereocenters. The second kappa shape index (κ2) is 4.04. The number of hydrogen-bond donors (Lipinski definition) is 1. The summed E-state index contributed by atoms with van der Waals surface area (Å²) in [5.74, 6) is 1.18. The lowest BCUT2D eigenvalue weighted by atomic mass is 10.1. The number of benzene rings is 1. The van der Waals surface area contributed by atoms with E-state index < -0.39 is 0 Å². The first-order chi connectivity index (χ1) is 8.25. The average Bonchev–Trinajstić information content (AvgIpc) is 2.91. The van der Waals surface area contributed by atoms with E-state index in [1.165, 1.54) is 5.56 Å². The summed E-state index contributed by atoms with van der Waals surface area (Å²) in [7, 11) is 0. The number of hydrogen-bond acceptors (Lipinski definition) is 3. The molecule has 2 aromatic rings. The van der Waals surface area contributed by atoms with Gasteiger partial charge in [0, 0.05) is 19.1 Å². The minimum Gasteiger partial charge on any atom is -0.381 e. The Labute approximate surface area is 100 Å². The highest BCUT2D eigenvalue weighted by Gasteiger charge is 2.19. The Morgan fingerprint density at radius 1 is 1.53 bits per heavy atom. The molecule has 1 unspecified atom stereocenters. The zero-order chi connectivity index (χ0) is 11.8. The second-order valence-corrected chi connectivity index (χ2v) is 4.75. The lowest BCUT2D eigenvalue weighted by molar-refractivity contribution is 0.183. The highest BCUT2D eigenvalue weighted by atomic mass is 16.5. The first-order valence-corrected chi connectivity index (χ1v) is 6.05. The molecule has 0 bridgehead atoms. The zero-order valence-electron chi connectivity index (χ0n) is 10.0. The van der Waals surface area contributed by atoms with Crippen molar-refractivity contribution in [2.45, 2.75) is 19.9 Å². The van der Waals surface area contributed by atoms with Crippen LogP contribution in [0, 0.1) is 12.8 Å². The maximum atomic E-state index is 6.01. The van der Waals surface area contributed by atoms with Crippen LogP contribution in [0.15, 0.2) is 18.2 Å². The van der Waals surface area contributed by atoms with E-state index in [1.54, 1.807) is 0 Å². The van der Waals surface area contributed by atoms with Gasteiger partial charge in [-0.2, -0.15) is 0 Å². The first kappa shape index (κ1) is 10.6. The number of fused-ring (bicyclic) bond motifs is 1. The van der Waals surface area contributed by atoms with Crippen molar-refractivity contribution >= 4 is 17.0 Å². The summed E-state index contributed by atoms with van der Waals surface area (Å²) < 4.78 is 7.52. The fourth-order valence-electron chi connectivity index (χ4n) is 2.48. The minimum atomic E-state index is 0.565. The van der Waals surface area contributed by atoms with Crippen LogP contribution in [0.2, 0.25) is 0 Å². The molecule has 1 fully saturated rings. The van der Waals surface area contributed by atoms with Gasteiger partial charge in [0.2, 0.25) is 5.95 Å². The smallest absolute Gasteiger partial charge is 0.201 e. The van der Waals surface area contributed by atoms with Crippen molar-refractivity contribution in [2.75, 3.05) is 18.9 Å². The molecule has 1 saturated heterocycles. The normalized spacial score (nSPS) is 20.2. The Bertz CT molecular complexity index is 541. The molecule has 4 heteroatoms. The maximum absolute atomic E-state index is 6.01. The SMILES string of the molecule is Cc1cccc2c1nc(N)n2CC1CCOC1. The molecule has 3 rings (SSSR count). The Hall–Kier alpha value is -1.55. The number of para-hydroxylation sites is 1. The quantitative estimate of drug-likeness (QED) is 0.859. The van der Waals surface area contributed by atoms with E-state index in [2.05, 4.69) is 34.7 Å². The summed E-state index contributed by atoms with van der Waals surface area (Å²) in [4.78, 5) is 4.45. The highest BCUT2D eigenvalue weighted by Crippen LogP contribution is 2.24. The number of aryl methyl sites for hydroxylation is 1. The molecule has 1 aromatic carbocycles. The molecule has 1 aliphatic heterocycles. The third kappa shape index (κ3) is 1.78. The topological polar surface area (TPSA) is 53.1 Å². The monoisotopic (exact) mass is 231 g/mol. The van der Waals surface area contributed by atoms with Crippen molar-refractivity contribution in [3.05, 3.63) is 23.8 Å². The molecule has 0 aliphatic carbocycles. The van der Waals surface area contributed by atoms with Gasteiger partial charge in [0.15, 0.2) is 0 Å². The van der Waals surface area contributed by atoms with E-state index in [0.29, 0.717) is 11.9 Å². The maximum Gasteiger partial charge on any atom is 0.201 e. The predicted molar refractivity (Wildman–Crippen MR) is 67.8 cm³/mol. The van der Waals surface area contributed by atoms with Crippen LogP contribution in [0.25, 0.3) is 11.0 Å². The summed E-state index contributed by atoms with van der Waals surface area (Å²) in [6, 6.07) is 6.21. The molecule has 0 amide bonds. The lowest BCUT2D eigenvalue weighted by Gasteiger charge is -2.11. The van der Waals surface area contributed by atoms with Gasteiger partial charge in [0.25, 0.3) is 0 Å². The molecule has 0 spiro atoms. The van der Waals surface area contributed by atoms with Crippen molar-refractivity contribution in [1.29, 1.82) is 0 Å².